The molecule has 140 valence electrons. The summed E-state index contributed by atoms with van der Waals surface area (Å²) in [6.07, 6.45) is 1.65. The number of rotatable bonds is 6. The molecule has 1 heterocycles. The first-order valence-corrected chi connectivity index (χ1v) is 9.63. The summed E-state index contributed by atoms with van der Waals surface area (Å²) in [6.45, 7) is 3.81. The maximum Gasteiger partial charge on any atom is 0.237 e. The van der Waals surface area contributed by atoms with Crippen LogP contribution >= 0.6 is 11.8 Å². The molecule has 0 aliphatic rings. The van der Waals surface area contributed by atoms with Crippen molar-refractivity contribution in [3.8, 4) is 5.75 Å². The number of amides is 1. The van der Waals surface area contributed by atoms with E-state index in [2.05, 4.69) is 10.3 Å². The summed E-state index contributed by atoms with van der Waals surface area (Å²) < 4.78 is 19.2. The first kappa shape index (κ1) is 19.2. The van der Waals surface area contributed by atoms with Crippen LogP contribution in [0.2, 0.25) is 0 Å². The lowest BCUT2D eigenvalue weighted by molar-refractivity contribution is -0.115. The fraction of sp³-hybridized carbons (Fsp3) is 0.238. The van der Waals surface area contributed by atoms with E-state index in [1.54, 1.807) is 31.5 Å². The Kier molecular flexibility index (Phi) is 5.96. The standard InChI is InChI=1S/C21H21FN2O2S/c1-13-6-9-19(26-3)18(11-13)24-21(25)14(2)27-12-15-7-8-17(22)16-5-4-10-23-20(15)16/h4-11,14H,12H2,1-3H3,(H,24,25). The summed E-state index contributed by atoms with van der Waals surface area (Å²) in [6, 6.07) is 12.2. The number of carbonyl (C=O) groups excluding carboxylic acids is 1. The summed E-state index contributed by atoms with van der Waals surface area (Å²) in [5, 5.41) is 3.13. The molecule has 4 nitrogen and oxygen atoms in total. The molecule has 0 spiro atoms. The highest BCUT2D eigenvalue weighted by Gasteiger charge is 2.17. The topological polar surface area (TPSA) is 51.2 Å². The number of aryl methyl sites for hydroxylation is 1. The summed E-state index contributed by atoms with van der Waals surface area (Å²) in [5.41, 5.74) is 3.24. The Morgan fingerprint density at radius 2 is 2.11 bits per heavy atom. The third-order valence-electron chi connectivity index (χ3n) is 4.27. The minimum Gasteiger partial charge on any atom is -0.495 e. The van der Waals surface area contributed by atoms with Gasteiger partial charge in [-0.2, -0.15) is 0 Å². The fourth-order valence-electron chi connectivity index (χ4n) is 2.76. The van der Waals surface area contributed by atoms with E-state index in [0.29, 0.717) is 28.1 Å². The minimum atomic E-state index is -0.293. The quantitative estimate of drug-likeness (QED) is 0.653. The molecule has 0 fully saturated rings. The van der Waals surface area contributed by atoms with Gasteiger partial charge in [0.1, 0.15) is 11.6 Å². The minimum absolute atomic E-state index is 0.108. The van der Waals surface area contributed by atoms with Gasteiger partial charge in [0.05, 0.1) is 23.6 Å². The van der Waals surface area contributed by atoms with Crippen molar-refractivity contribution in [1.29, 1.82) is 0 Å². The molecular formula is C21H21FN2O2S. The number of hydrogen-bond donors (Lipinski definition) is 1. The van der Waals surface area contributed by atoms with E-state index in [0.717, 1.165) is 11.1 Å². The molecule has 2 aromatic carbocycles. The van der Waals surface area contributed by atoms with Gasteiger partial charge in [-0.25, -0.2) is 4.39 Å². The lowest BCUT2D eigenvalue weighted by atomic mass is 10.1. The van der Waals surface area contributed by atoms with Gasteiger partial charge in [0, 0.05) is 17.3 Å². The van der Waals surface area contributed by atoms with Crippen LogP contribution in [0.15, 0.2) is 48.7 Å². The van der Waals surface area contributed by atoms with E-state index in [1.807, 2.05) is 32.0 Å². The SMILES string of the molecule is COc1ccc(C)cc1NC(=O)C(C)SCc1ccc(F)c2cccnc12. The molecular weight excluding hydrogens is 363 g/mol. The van der Waals surface area contributed by atoms with Crippen LogP contribution < -0.4 is 10.1 Å². The molecule has 3 rings (SSSR count). The molecule has 1 N–H and O–H groups in total. The number of benzene rings is 2. The van der Waals surface area contributed by atoms with E-state index in [4.69, 9.17) is 4.74 Å². The number of hydrogen-bond acceptors (Lipinski definition) is 4. The van der Waals surface area contributed by atoms with Crippen molar-refractivity contribution < 1.29 is 13.9 Å². The summed E-state index contributed by atoms with van der Waals surface area (Å²) in [7, 11) is 1.57. The number of methoxy groups -OCH3 is 1. The van der Waals surface area contributed by atoms with Gasteiger partial charge < -0.3 is 10.1 Å². The molecule has 0 saturated heterocycles. The van der Waals surface area contributed by atoms with E-state index >= 15 is 0 Å². The zero-order chi connectivity index (χ0) is 19.4. The molecule has 0 bridgehead atoms. The van der Waals surface area contributed by atoms with Crippen LogP contribution in [-0.4, -0.2) is 23.3 Å². The normalized spacial score (nSPS) is 12.0. The summed E-state index contributed by atoms with van der Waals surface area (Å²) in [4.78, 5) is 16.9. The smallest absolute Gasteiger partial charge is 0.237 e. The number of nitrogens with zero attached hydrogens (tertiary/aromatic N) is 1. The van der Waals surface area contributed by atoms with Crippen molar-refractivity contribution in [2.24, 2.45) is 0 Å². The van der Waals surface area contributed by atoms with E-state index in [-0.39, 0.29) is 17.0 Å². The maximum absolute atomic E-state index is 13.9. The lowest BCUT2D eigenvalue weighted by Crippen LogP contribution is -2.23. The van der Waals surface area contributed by atoms with Crippen LogP contribution in [0.5, 0.6) is 5.75 Å². The molecule has 0 aliphatic heterocycles. The number of nitrogens with one attached hydrogen (secondary N) is 1. The zero-order valence-electron chi connectivity index (χ0n) is 15.5. The maximum atomic E-state index is 13.9. The average Bonchev–Trinajstić information content (AvgIpc) is 2.67. The molecule has 1 aromatic heterocycles. The fourth-order valence-corrected chi connectivity index (χ4v) is 3.63. The number of pyridine rings is 1. The number of thioether (sulfide) groups is 1. The average molecular weight is 384 g/mol. The molecule has 3 aromatic rings. The van der Waals surface area contributed by atoms with E-state index in [9.17, 15) is 9.18 Å². The van der Waals surface area contributed by atoms with Gasteiger partial charge in [-0.1, -0.05) is 12.1 Å². The largest absolute Gasteiger partial charge is 0.495 e. The Bertz CT molecular complexity index is 978. The second kappa shape index (κ2) is 8.39. The van der Waals surface area contributed by atoms with Crippen LogP contribution in [0.1, 0.15) is 18.1 Å². The first-order valence-electron chi connectivity index (χ1n) is 8.59. The van der Waals surface area contributed by atoms with Crippen LogP contribution in [-0.2, 0) is 10.5 Å². The van der Waals surface area contributed by atoms with E-state index < -0.39 is 0 Å². The molecule has 1 unspecified atom stereocenters. The molecule has 1 atom stereocenters. The molecule has 6 heteroatoms. The van der Waals surface area contributed by atoms with Crippen molar-refractivity contribution in [2.45, 2.75) is 24.9 Å². The van der Waals surface area contributed by atoms with Crippen molar-refractivity contribution in [1.82, 2.24) is 4.98 Å². The molecule has 0 aliphatic carbocycles. The van der Waals surface area contributed by atoms with Crippen LogP contribution in [0.3, 0.4) is 0 Å². The number of anilines is 1. The highest BCUT2D eigenvalue weighted by Crippen LogP contribution is 2.28. The molecule has 0 saturated carbocycles. The van der Waals surface area contributed by atoms with Gasteiger partial charge >= 0.3 is 0 Å². The number of halogens is 1. The zero-order valence-corrected chi connectivity index (χ0v) is 16.3. The predicted molar refractivity (Wildman–Crippen MR) is 109 cm³/mol. The number of carbonyl (C=O) groups is 1. The van der Waals surface area contributed by atoms with Crippen LogP contribution in [0.25, 0.3) is 10.9 Å². The van der Waals surface area contributed by atoms with Gasteiger partial charge in [0.2, 0.25) is 5.91 Å². The van der Waals surface area contributed by atoms with Gasteiger partial charge in [-0.15, -0.1) is 11.8 Å². The monoisotopic (exact) mass is 384 g/mol. The highest BCUT2D eigenvalue weighted by molar-refractivity contribution is 7.99. The summed E-state index contributed by atoms with van der Waals surface area (Å²) >= 11 is 1.48. The number of fused-ring (bicyclic) bond motifs is 1. The van der Waals surface area contributed by atoms with E-state index in [1.165, 1.54) is 17.8 Å². The van der Waals surface area contributed by atoms with Gasteiger partial charge in [-0.05, 0) is 55.3 Å². The lowest BCUT2D eigenvalue weighted by Gasteiger charge is -2.15. The summed E-state index contributed by atoms with van der Waals surface area (Å²) in [5.74, 6) is 0.792. The third-order valence-corrected chi connectivity index (χ3v) is 5.46. The Morgan fingerprint density at radius 3 is 2.89 bits per heavy atom. The second-order valence-corrected chi connectivity index (χ2v) is 7.58. The van der Waals surface area contributed by atoms with Crippen molar-refractivity contribution >= 4 is 34.3 Å². The molecule has 0 radical (unpaired) electrons. The number of ether oxygens (including phenoxy) is 1. The third kappa shape index (κ3) is 4.39. The van der Waals surface area contributed by atoms with Crippen LogP contribution in [0.4, 0.5) is 10.1 Å². The Morgan fingerprint density at radius 1 is 1.30 bits per heavy atom. The highest BCUT2D eigenvalue weighted by atomic mass is 32.2. The van der Waals surface area contributed by atoms with Gasteiger partial charge in [0.15, 0.2) is 0 Å². The van der Waals surface area contributed by atoms with Crippen molar-refractivity contribution in [2.75, 3.05) is 12.4 Å². The second-order valence-electron chi connectivity index (χ2n) is 6.25. The van der Waals surface area contributed by atoms with Crippen molar-refractivity contribution in [3.05, 3.63) is 65.6 Å². The Labute approximate surface area is 162 Å². The van der Waals surface area contributed by atoms with Gasteiger partial charge in [0.25, 0.3) is 0 Å². The van der Waals surface area contributed by atoms with Gasteiger partial charge in [-0.3, -0.25) is 9.78 Å². The van der Waals surface area contributed by atoms with Crippen LogP contribution in [0, 0.1) is 12.7 Å². The Balaban J connectivity index is 1.70. The predicted octanol–water partition coefficient (Wildman–Crippen LogP) is 4.95. The molecule has 1 amide bonds. The number of aromatic nitrogens is 1. The van der Waals surface area contributed by atoms with Crippen molar-refractivity contribution in [3.63, 3.8) is 0 Å². The molecule has 27 heavy (non-hydrogen) atoms. The first-order chi connectivity index (χ1) is 13.0. The Hall–Kier alpha value is -2.60.